The second-order valence-corrected chi connectivity index (χ2v) is 6.29. The maximum Gasteiger partial charge on any atom is 0.307 e. The number of nitrogens with zero attached hydrogens (tertiary/aromatic N) is 4. The Morgan fingerprint density at radius 3 is 2.68 bits per heavy atom. The minimum Gasteiger partial charge on any atom is -0.481 e. The highest BCUT2D eigenvalue weighted by molar-refractivity contribution is 5.85. The van der Waals surface area contributed by atoms with Gasteiger partial charge >= 0.3 is 5.97 Å². The van der Waals surface area contributed by atoms with Crippen LogP contribution < -0.4 is 5.32 Å². The molecular weight excluding hydrogens is 322 g/mol. The quantitative estimate of drug-likeness (QED) is 0.769. The van der Waals surface area contributed by atoms with Crippen LogP contribution in [0.4, 0.5) is 0 Å². The number of carbonyl (C=O) groups excluding carboxylic acids is 1. The molecule has 2 N–H and O–H groups in total. The molecule has 0 aliphatic heterocycles. The van der Waals surface area contributed by atoms with E-state index in [4.69, 9.17) is 0 Å². The van der Waals surface area contributed by atoms with Crippen LogP contribution in [0.15, 0.2) is 18.3 Å². The minimum absolute atomic E-state index is 0.207. The largest absolute Gasteiger partial charge is 0.481 e. The zero-order chi connectivity index (χ0) is 18.0. The maximum absolute atomic E-state index is 12.4. The summed E-state index contributed by atoms with van der Waals surface area (Å²) in [6.45, 7) is 5.67. The van der Waals surface area contributed by atoms with Gasteiger partial charge in [0.05, 0.1) is 30.3 Å². The SMILES string of the molecule is CCn1nc(C)c2c1cnn2CCNC(=O)[C@H]1CC=CC[C@H]1C(=O)O. The van der Waals surface area contributed by atoms with Crippen LogP contribution in [0.2, 0.25) is 0 Å². The molecular formula is C17H23N5O3. The molecule has 3 rings (SSSR count). The second-order valence-electron chi connectivity index (χ2n) is 6.29. The monoisotopic (exact) mass is 345 g/mol. The number of aryl methyl sites for hydroxylation is 2. The van der Waals surface area contributed by atoms with E-state index in [0.717, 1.165) is 23.3 Å². The summed E-state index contributed by atoms with van der Waals surface area (Å²) < 4.78 is 3.73. The van der Waals surface area contributed by atoms with Crippen LogP contribution in [0.5, 0.6) is 0 Å². The predicted octanol–water partition coefficient (Wildman–Crippen LogP) is 1.34. The van der Waals surface area contributed by atoms with Crippen molar-refractivity contribution < 1.29 is 14.7 Å². The Kier molecular flexibility index (Phi) is 4.87. The number of rotatable bonds is 6. The van der Waals surface area contributed by atoms with Crippen molar-refractivity contribution in [2.75, 3.05) is 6.54 Å². The number of hydrogen-bond donors (Lipinski definition) is 2. The number of aliphatic carboxylic acids is 1. The van der Waals surface area contributed by atoms with Crippen LogP contribution in [-0.4, -0.2) is 43.1 Å². The van der Waals surface area contributed by atoms with Gasteiger partial charge in [0, 0.05) is 13.1 Å². The Morgan fingerprint density at radius 2 is 2.00 bits per heavy atom. The lowest BCUT2D eigenvalue weighted by atomic mass is 9.82. The first-order valence-corrected chi connectivity index (χ1v) is 8.57. The zero-order valence-corrected chi connectivity index (χ0v) is 14.5. The summed E-state index contributed by atoms with van der Waals surface area (Å²) in [5.74, 6) is -2.28. The third kappa shape index (κ3) is 3.29. The number of amides is 1. The summed E-state index contributed by atoms with van der Waals surface area (Å²) in [6.07, 6.45) is 6.37. The average Bonchev–Trinajstić information content (AvgIpc) is 3.16. The van der Waals surface area contributed by atoms with Crippen molar-refractivity contribution in [2.45, 2.75) is 39.8 Å². The molecule has 8 heteroatoms. The summed E-state index contributed by atoms with van der Waals surface area (Å²) in [4.78, 5) is 23.7. The number of hydrogen-bond acceptors (Lipinski definition) is 4. The summed E-state index contributed by atoms with van der Waals surface area (Å²) in [5.41, 5.74) is 2.86. The molecule has 1 aliphatic carbocycles. The van der Waals surface area contributed by atoms with Crippen LogP contribution in [0.25, 0.3) is 11.0 Å². The molecule has 2 atom stereocenters. The Morgan fingerprint density at radius 1 is 1.28 bits per heavy atom. The predicted molar refractivity (Wildman–Crippen MR) is 91.9 cm³/mol. The van der Waals surface area contributed by atoms with E-state index in [0.29, 0.717) is 25.9 Å². The lowest BCUT2D eigenvalue weighted by Crippen LogP contribution is -2.39. The van der Waals surface area contributed by atoms with E-state index in [-0.39, 0.29) is 5.91 Å². The molecule has 1 aliphatic rings. The fourth-order valence-electron chi connectivity index (χ4n) is 3.42. The highest BCUT2D eigenvalue weighted by Gasteiger charge is 2.33. The van der Waals surface area contributed by atoms with Gasteiger partial charge in [-0.15, -0.1) is 0 Å². The summed E-state index contributed by atoms with van der Waals surface area (Å²) in [6, 6.07) is 0. The molecule has 25 heavy (non-hydrogen) atoms. The van der Waals surface area contributed by atoms with Crippen molar-refractivity contribution >= 4 is 22.9 Å². The fraction of sp³-hybridized carbons (Fsp3) is 0.529. The van der Waals surface area contributed by atoms with Gasteiger partial charge in [0.25, 0.3) is 0 Å². The molecule has 0 radical (unpaired) electrons. The van der Waals surface area contributed by atoms with E-state index in [2.05, 4.69) is 15.5 Å². The molecule has 0 spiro atoms. The molecule has 2 heterocycles. The third-order valence-electron chi connectivity index (χ3n) is 4.72. The first-order chi connectivity index (χ1) is 12.0. The summed E-state index contributed by atoms with van der Waals surface area (Å²) >= 11 is 0. The number of allylic oxidation sites excluding steroid dienone is 2. The second kappa shape index (κ2) is 7.08. The van der Waals surface area contributed by atoms with E-state index in [1.54, 1.807) is 6.20 Å². The smallest absolute Gasteiger partial charge is 0.307 e. The fourth-order valence-corrected chi connectivity index (χ4v) is 3.42. The highest BCUT2D eigenvalue weighted by atomic mass is 16.4. The Hall–Kier alpha value is -2.64. The first kappa shape index (κ1) is 17.2. The van der Waals surface area contributed by atoms with Gasteiger partial charge in [0.15, 0.2) is 0 Å². The number of fused-ring (bicyclic) bond motifs is 1. The molecule has 0 saturated heterocycles. The van der Waals surface area contributed by atoms with Gasteiger partial charge in [0.2, 0.25) is 5.91 Å². The Labute approximate surface area is 145 Å². The molecule has 8 nitrogen and oxygen atoms in total. The number of nitrogens with one attached hydrogen (secondary N) is 1. The minimum atomic E-state index is -0.916. The molecule has 0 fully saturated rings. The van der Waals surface area contributed by atoms with E-state index >= 15 is 0 Å². The van der Waals surface area contributed by atoms with Crippen LogP contribution in [0.1, 0.15) is 25.5 Å². The molecule has 0 unspecified atom stereocenters. The number of carboxylic acid groups (broad SMARTS) is 1. The normalized spacial score (nSPS) is 20.1. The average molecular weight is 345 g/mol. The molecule has 2 aromatic heterocycles. The first-order valence-electron chi connectivity index (χ1n) is 8.57. The van der Waals surface area contributed by atoms with Gasteiger partial charge in [-0.2, -0.15) is 10.2 Å². The van der Waals surface area contributed by atoms with Crippen molar-refractivity contribution in [3.05, 3.63) is 24.0 Å². The van der Waals surface area contributed by atoms with Gasteiger partial charge in [0.1, 0.15) is 11.0 Å². The topological polar surface area (TPSA) is 102 Å². The summed E-state index contributed by atoms with van der Waals surface area (Å²) in [5, 5.41) is 21.0. The number of carbonyl (C=O) groups is 2. The highest BCUT2D eigenvalue weighted by Crippen LogP contribution is 2.26. The van der Waals surface area contributed by atoms with Crippen molar-refractivity contribution in [1.29, 1.82) is 0 Å². The van der Waals surface area contributed by atoms with Gasteiger partial charge < -0.3 is 10.4 Å². The van der Waals surface area contributed by atoms with Crippen molar-refractivity contribution in [2.24, 2.45) is 11.8 Å². The molecule has 1 amide bonds. The molecule has 0 aromatic carbocycles. The molecule has 0 saturated carbocycles. The maximum atomic E-state index is 12.4. The van der Waals surface area contributed by atoms with Crippen LogP contribution in [0, 0.1) is 18.8 Å². The van der Waals surface area contributed by atoms with Crippen LogP contribution in [-0.2, 0) is 22.7 Å². The van der Waals surface area contributed by atoms with Crippen molar-refractivity contribution in [1.82, 2.24) is 24.9 Å². The molecule has 134 valence electrons. The van der Waals surface area contributed by atoms with E-state index < -0.39 is 17.8 Å². The zero-order valence-electron chi connectivity index (χ0n) is 14.5. The van der Waals surface area contributed by atoms with Gasteiger partial charge in [-0.3, -0.25) is 19.0 Å². The van der Waals surface area contributed by atoms with E-state index in [1.807, 2.05) is 35.4 Å². The van der Waals surface area contributed by atoms with Gasteiger partial charge in [-0.1, -0.05) is 12.2 Å². The van der Waals surface area contributed by atoms with E-state index in [1.165, 1.54) is 0 Å². The molecule has 2 aromatic rings. The van der Waals surface area contributed by atoms with E-state index in [9.17, 15) is 14.7 Å². The van der Waals surface area contributed by atoms with Crippen molar-refractivity contribution in [3.63, 3.8) is 0 Å². The van der Waals surface area contributed by atoms with Gasteiger partial charge in [-0.25, -0.2) is 0 Å². The Bertz CT molecular complexity index is 820. The van der Waals surface area contributed by atoms with Gasteiger partial charge in [-0.05, 0) is 26.7 Å². The van der Waals surface area contributed by atoms with Crippen molar-refractivity contribution in [3.8, 4) is 0 Å². The standard InChI is InChI=1S/C17H23N5O3/c1-3-21-14-10-19-22(15(14)11(2)20-21)9-8-18-16(23)12-6-4-5-7-13(12)17(24)25/h4-5,10,12-13H,3,6-9H2,1-2H3,(H,18,23)(H,24,25)/t12-,13+/m0/s1. The number of aromatic nitrogens is 4. The third-order valence-corrected chi connectivity index (χ3v) is 4.72. The lowest BCUT2D eigenvalue weighted by Gasteiger charge is -2.24. The summed E-state index contributed by atoms with van der Waals surface area (Å²) in [7, 11) is 0. The number of carboxylic acids is 1. The van der Waals surface area contributed by atoms with Crippen LogP contribution in [0.3, 0.4) is 0 Å². The molecule has 0 bridgehead atoms. The Balaban J connectivity index is 1.63. The van der Waals surface area contributed by atoms with Crippen LogP contribution >= 0.6 is 0 Å². The lowest BCUT2D eigenvalue weighted by molar-refractivity contribution is -0.147.